The molecular formula is C22H26N4O3. The molecule has 7 heteroatoms. The summed E-state index contributed by atoms with van der Waals surface area (Å²) in [4.78, 5) is 39.4. The zero-order valence-corrected chi connectivity index (χ0v) is 16.8. The van der Waals surface area contributed by atoms with E-state index in [1.807, 2.05) is 18.2 Å². The summed E-state index contributed by atoms with van der Waals surface area (Å²) in [5, 5.41) is 5.95. The number of fused-ring (bicyclic) bond motifs is 1. The molecule has 3 rings (SSSR count). The van der Waals surface area contributed by atoms with Crippen LogP contribution in [0, 0.1) is 0 Å². The molecule has 2 aromatic carbocycles. The van der Waals surface area contributed by atoms with E-state index in [9.17, 15) is 14.4 Å². The van der Waals surface area contributed by atoms with Crippen molar-refractivity contribution in [1.82, 2.24) is 20.0 Å². The highest BCUT2D eigenvalue weighted by Gasteiger charge is 2.11. The van der Waals surface area contributed by atoms with Gasteiger partial charge in [-0.05, 0) is 36.3 Å². The van der Waals surface area contributed by atoms with Gasteiger partial charge in [0.1, 0.15) is 6.54 Å². The minimum absolute atomic E-state index is 0.239. The number of carbonyl (C=O) groups is 1. The van der Waals surface area contributed by atoms with Crippen molar-refractivity contribution in [1.29, 1.82) is 0 Å². The summed E-state index contributed by atoms with van der Waals surface area (Å²) in [6.45, 7) is 7.09. The van der Waals surface area contributed by atoms with E-state index >= 15 is 0 Å². The van der Waals surface area contributed by atoms with Crippen LogP contribution in [0.1, 0.15) is 25.0 Å². The maximum atomic E-state index is 12.5. The second kappa shape index (κ2) is 9.34. The molecule has 0 saturated carbocycles. The summed E-state index contributed by atoms with van der Waals surface area (Å²) in [6, 6.07) is 14.6. The van der Waals surface area contributed by atoms with Crippen molar-refractivity contribution in [3.05, 3.63) is 80.4 Å². The van der Waals surface area contributed by atoms with Gasteiger partial charge in [0.05, 0.1) is 10.8 Å². The van der Waals surface area contributed by atoms with E-state index in [1.165, 1.54) is 0 Å². The van der Waals surface area contributed by atoms with Crippen LogP contribution >= 0.6 is 0 Å². The molecule has 1 aromatic heterocycles. The summed E-state index contributed by atoms with van der Waals surface area (Å²) < 4.78 is 1.06. The third kappa shape index (κ3) is 4.81. The summed E-state index contributed by atoms with van der Waals surface area (Å²) in [7, 11) is 0. The third-order valence-corrected chi connectivity index (χ3v) is 5.07. The van der Waals surface area contributed by atoms with Crippen LogP contribution < -0.4 is 16.4 Å². The smallest absolute Gasteiger partial charge is 0.273 e. The zero-order chi connectivity index (χ0) is 20.8. The molecule has 0 aliphatic carbocycles. The van der Waals surface area contributed by atoms with E-state index in [4.69, 9.17) is 0 Å². The number of H-pyrrole nitrogens is 1. The maximum absolute atomic E-state index is 12.5. The lowest BCUT2D eigenvalue weighted by Gasteiger charge is -2.20. The molecule has 0 radical (unpaired) electrons. The average Bonchev–Trinajstić information content (AvgIpc) is 2.75. The fourth-order valence-electron chi connectivity index (χ4n) is 3.32. The lowest BCUT2D eigenvalue weighted by Crippen LogP contribution is -2.36. The minimum atomic E-state index is -0.391. The van der Waals surface area contributed by atoms with Crippen molar-refractivity contribution in [3.63, 3.8) is 0 Å². The number of hydrogen-bond donors (Lipinski definition) is 2. The molecule has 1 amide bonds. The SMILES string of the molecule is CCN(CC)Cc1ccccc1CNC(=O)Cn1[nH]c(=O)c2ccccc2c1=O. The van der Waals surface area contributed by atoms with Gasteiger partial charge in [0.15, 0.2) is 0 Å². The number of benzene rings is 2. The van der Waals surface area contributed by atoms with Crippen LogP contribution in [-0.4, -0.2) is 33.7 Å². The van der Waals surface area contributed by atoms with Gasteiger partial charge < -0.3 is 5.32 Å². The Hall–Kier alpha value is -3.19. The molecule has 0 fully saturated rings. The van der Waals surface area contributed by atoms with Crippen LogP contribution in [0.2, 0.25) is 0 Å². The summed E-state index contributed by atoms with van der Waals surface area (Å²) in [6.07, 6.45) is 0. The molecular weight excluding hydrogens is 368 g/mol. The summed E-state index contributed by atoms with van der Waals surface area (Å²) >= 11 is 0. The van der Waals surface area contributed by atoms with Gasteiger partial charge in [0.25, 0.3) is 11.1 Å². The summed E-state index contributed by atoms with van der Waals surface area (Å²) in [5.41, 5.74) is 1.41. The molecule has 0 bridgehead atoms. The van der Waals surface area contributed by atoms with Gasteiger partial charge in [0, 0.05) is 13.1 Å². The van der Waals surface area contributed by atoms with Gasteiger partial charge in [-0.15, -0.1) is 0 Å². The number of rotatable bonds is 8. The van der Waals surface area contributed by atoms with Gasteiger partial charge >= 0.3 is 0 Å². The Morgan fingerprint density at radius 3 is 2.28 bits per heavy atom. The monoisotopic (exact) mass is 394 g/mol. The molecule has 1 heterocycles. The normalized spacial score (nSPS) is 11.1. The Bertz CT molecular complexity index is 1110. The largest absolute Gasteiger partial charge is 0.350 e. The predicted molar refractivity (Wildman–Crippen MR) is 114 cm³/mol. The highest BCUT2D eigenvalue weighted by Crippen LogP contribution is 2.11. The topological polar surface area (TPSA) is 87.2 Å². The van der Waals surface area contributed by atoms with Crippen molar-refractivity contribution < 1.29 is 4.79 Å². The highest BCUT2D eigenvalue weighted by atomic mass is 16.2. The molecule has 29 heavy (non-hydrogen) atoms. The van der Waals surface area contributed by atoms with Gasteiger partial charge in [-0.3, -0.25) is 24.4 Å². The van der Waals surface area contributed by atoms with Gasteiger partial charge in [0.2, 0.25) is 5.91 Å². The predicted octanol–water partition coefficient (Wildman–Crippen LogP) is 1.85. The van der Waals surface area contributed by atoms with E-state index in [0.29, 0.717) is 17.3 Å². The lowest BCUT2D eigenvalue weighted by molar-refractivity contribution is -0.122. The number of nitrogens with zero attached hydrogens (tertiary/aromatic N) is 2. The number of hydrogen-bond acceptors (Lipinski definition) is 4. The maximum Gasteiger partial charge on any atom is 0.273 e. The van der Waals surface area contributed by atoms with E-state index in [1.54, 1.807) is 24.3 Å². The molecule has 0 spiro atoms. The van der Waals surface area contributed by atoms with E-state index in [0.717, 1.165) is 35.4 Å². The summed E-state index contributed by atoms with van der Waals surface area (Å²) in [5.74, 6) is -0.337. The van der Waals surface area contributed by atoms with Gasteiger partial charge in [-0.2, -0.15) is 0 Å². The van der Waals surface area contributed by atoms with Crippen molar-refractivity contribution in [2.75, 3.05) is 13.1 Å². The average molecular weight is 394 g/mol. The molecule has 0 saturated heterocycles. The number of carbonyl (C=O) groups excluding carboxylic acids is 1. The Labute approximate surface area is 169 Å². The Morgan fingerprint density at radius 2 is 1.59 bits per heavy atom. The lowest BCUT2D eigenvalue weighted by atomic mass is 10.1. The van der Waals surface area contributed by atoms with Crippen LogP contribution in [0.3, 0.4) is 0 Å². The van der Waals surface area contributed by atoms with Crippen LogP contribution in [0.4, 0.5) is 0 Å². The number of aromatic amines is 1. The van der Waals surface area contributed by atoms with Crippen LogP contribution in [0.5, 0.6) is 0 Å². The molecule has 0 aliphatic heterocycles. The molecule has 7 nitrogen and oxygen atoms in total. The second-order valence-electron chi connectivity index (χ2n) is 6.88. The quantitative estimate of drug-likeness (QED) is 0.610. The molecule has 0 atom stereocenters. The molecule has 0 unspecified atom stereocenters. The number of aromatic nitrogens is 2. The van der Waals surface area contributed by atoms with Crippen molar-refractivity contribution >= 4 is 16.7 Å². The van der Waals surface area contributed by atoms with Crippen LogP contribution in [0.25, 0.3) is 10.8 Å². The van der Waals surface area contributed by atoms with Crippen molar-refractivity contribution in [2.24, 2.45) is 0 Å². The van der Waals surface area contributed by atoms with E-state index < -0.39 is 11.1 Å². The first kappa shape index (κ1) is 20.5. The minimum Gasteiger partial charge on any atom is -0.350 e. The van der Waals surface area contributed by atoms with Gasteiger partial charge in [-0.25, -0.2) is 4.68 Å². The molecule has 3 aromatic rings. The number of nitrogens with one attached hydrogen (secondary N) is 2. The molecule has 0 aliphatic rings. The van der Waals surface area contributed by atoms with Crippen molar-refractivity contribution in [3.8, 4) is 0 Å². The van der Waals surface area contributed by atoms with Crippen LogP contribution in [0.15, 0.2) is 58.1 Å². The first-order valence-electron chi connectivity index (χ1n) is 9.81. The van der Waals surface area contributed by atoms with E-state index in [2.05, 4.69) is 35.2 Å². The molecule has 2 N–H and O–H groups in total. The van der Waals surface area contributed by atoms with Crippen molar-refractivity contribution in [2.45, 2.75) is 33.5 Å². The fourth-order valence-corrected chi connectivity index (χ4v) is 3.32. The first-order valence-corrected chi connectivity index (χ1v) is 9.81. The molecule has 152 valence electrons. The first-order chi connectivity index (χ1) is 14.0. The Morgan fingerprint density at radius 1 is 0.966 bits per heavy atom. The number of amides is 1. The fraction of sp³-hybridized carbons (Fsp3) is 0.318. The zero-order valence-electron chi connectivity index (χ0n) is 16.8. The third-order valence-electron chi connectivity index (χ3n) is 5.07. The Balaban J connectivity index is 1.72. The standard InChI is InChI=1S/C22H26N4O3/c1-3-25(4-2)14-17-10-6-5-9-16(17)13-23-20(27)15-26-22(29)19-12-8-7-11-18(19)21(28)24-26/h5-12H,3-4,13-15H2,1-2H3,(H,23,27)(H,24,28). The second-order valence-corrected chi connectivity index (χ2v) is 6.88. The van der Waals surface area contributed by atoms with Gasteiger partial charge in [-0.1, -0.05) is 50.2 Å². The highest BCUT2D eigenvalue weighted by molar-refractivity contribution is 5.81. The Kier molecular flexibility index (Phi) is 6.61. The van der Waals surface area contributed by atoms with E-state index in [-0.39, 0.29) is 12.5 Å². The van der Waals surface area contributed by atoms with Crippen LogP contribution in [-0.2, 0) is 24.4 Å².